The van der Waals surface area contributed by atoms with Gasteiger partial charge < -0.3 is 19.7 Å². The molecular formula is C21H29N2O3+. The average molecular weight is 357 g/mol. The molecule has 2 aromatic rings. The van der Waals surface area contributed by atoms with E-state index in [1.165, 1.54) is 11.1 Å². The zero-order valence-corrected chi connectivity index (χ0v) is 16.3. The Morgan fingerprint density at radius 3 is 2.27 bits per heavy atom. The van der Waals surface area contributed by atoms with Gasteiger partial charge in [0.05, 0.1) is 21.3 Å². The highest BCUT2D eigenvalue weighted by molar-refractivity contribution is 5.91. The standard InChI is InChI=1S/C21H28N2O3/c1-15(2)17-8-6-16(7-9-17)13-23(3)14-21(24)22-18-10-11-19(25-4)20(12-18)26-5/h6-12,15H,13-14H2,1-5H3,(H,22,24)/p+1. The Morgan fingerprint density at radius 1 is 1.04 bits per heavy atom. The highest BCUT2D eigenvalue weighted by Crippen LogP contribution is 2.29. The summed E-state index contributed by atoms with van der Waals surface area (Å²) in [6, 6.07) is 14.0. The first-order valence-corrected chi connectivity index (χ1v) is 8.85. The Morgan fingerprint density at radius 2 is 1.69 bits per heavy atom. The molecule has 0 bridgehead atoms. The smallest absolute Gasteiger partial charge is 0.279 e. The van der Waals surface area contributed by atoms with E-state index in [2.05, 4.69) is 43.4 Å². The number of likely N-dealkylation sites (N-methyl/N-ethyl adjacent to an activating group) is 1. The Kier molecular flexibility index (Phi) is 7.04. The van der Waals surface area contributed by atoms with Crippen molar-refractivity contribution in [2.75, 3.05) is 33.1 Å². The number of rotatable bonds is 8. The van der Waals surface area contributed by atoms with Gasteiger partial charge in [0.25, 0.3) is 5.91 Å². The molecule has 1 amide bonds. The van der Waals surface area contributed by atoms with Gasteiger partial charge in [-0.2, -0.15) is 0 Å². The number of methoxy groups -OCH3 is 2. The van der Waals surface area contributed by atoms with Crippen LogP contribution in [0.4, 0.5) is 5.69 Å². The first-order chi connectivity index (χ1) is 12.4. The second-order valence-corrected chi connectivity index (χ2v) is 6.82. The van der Waals surface area contributed by atoms with E-state index in [4.69, 9.17) is 9.47 Å². The number of carbonyl (C=O) groups excluding carboxylic acids is 1. The summed E-state index contributed by atoms with van der Waals surface area (Å²) in [5.74, 6) is 1.73. The average Bonchev–Trinajstić information content (AvgIpc) is 2.61. The summed E-state index contributed by atoms with van der Waals surface area (Å²) in [6.45, 7) is 5.56. The van der Waals surface area contributed by atoms with Crippen LogP contribution in [0.15, 0.2) is 42.5 Å². The van der Waals surface area contributed by atoms with Gasteiger partial charge in [-0.15, -0.1) is 0 Å². The number of carbonyl (C=O) groups is 1. The number of anilines is 1. The van der Waals surface area contributed by atoms with Crippen molar-refractivity contribution in [3.8, 4) is 11.5 Å². The molecule has 0 saturated carbocycles. The van der Waals surface area contributed by atoms with Crippen molar-refractivity contribution < 1.29 is 19.2 Å². The number of amides is 1. The molecule has 2 aromatic carbocycles. The quantitative estimate of drug-likeness (QED) is 0.763. The third kappa shape index (κ3) is 5.49. The van der Waals surface area contributed by atoms with Crippen molar-refractivity contribution in [3.05, 3.63) is 53.6 Å². The van der Waals surface area contributed by atoms with E-state index in [0.717, 1.165) is 11.4 Å². The molecule has 0 aromatic heterocycles. The molecule has 0 aliphatic heterocycles. The second-order valence-electron chi connectivity index (χ2n) is 6.82. The minimum Gasteiger partial charge on any atom is -0.493 e. The van der Waals surface area contributed by atoms with Gasteiger partial charge in [0.1, 0.15) is 6.54 Å². The molecule has 26 heavy (non-hydrogen) atoms. The minimum atomic E-state index is -0.0338. The summed E-state index contributed by atoms with van der Waals surface area (Å²) < 4.78 is 10.5. The number of nitrogens with one attached hydrogen (secondary N) is 2. The molecule has 140 valence electrons. The number of quaternary nitrogens is 1. The van der Waals surface area contributed by atoms with E-state index in [-0.39, 0.29) is 5.91 Å². The minimum absolute atomic E-state index is 0.0338. The van der Waals surface area contributed by atoms with Gasteiger partial charge in [0.2, 0.25) is 0 Å². The molecule has 0 heterocycles. The maximum absolute atomic E-state index is 12.3. The lowest BCUT2D eigenvalue weighted by Crippen LogP contribution is -3.08. The Balaban J connectivity index is 1.90. The zero-order chi connectivity index (χ0) is 19.1. The van der Waals surface area contributed by atoms with E-state index in [0.29, 0.717) is 29.6 Å². The molecule has 0 radical (unpaired) electrons. The molecule has 2 N–H and O–H groups in total. The van der Waals surface area contributed by atoms with Crippen LogP contribution in [-0.2, 0) is 11.3 Å². The van der Waals surface area contributed by atoms with Gasteiger partial charge in [0.15, 0.2) is 18.0 Å². The van der Waals surface area contributed by atoms with Gasteiger partial charge >= 0.3 is 0 Å². The third-order valence-corrected chi connectivity index (χ3v) is 4.28. The fourth-order valence-electron chi connectivity index (χ4n) is 2.82. The Bertz CT molecular complexity index is 727. The van der Waals surface area contributed by atoms with Crippen molar-refractivity contribution in [3.63, 3.8) is 0 Å². The topological polar surface area (TPSA) is 52.0 Å². The summed E-state index contributed by atoms with van der Waals surface area (Å²) in [5.41, 5.74) is 3.25. The SMILES string of the molecule is COc1ccc(NC(=O)C[NH+](C)Cc2ccc(C(C)C)cc2)cc1OC. The largest absolute Gasteiger partial charge is 0.493 e. The number of benzene rings is 2. The summed E-state index contributed by atoms with van der Waals surface area (Å²) in [6.07, 6.45) is 0. The maximum atomic E-state index is 12.3. The van der Waals surface area contributed by atoms with Gasteiger partial charge in [0, 0.05) is 17.3 Å². The van der Waals surface area contributed by atoms with Crippen LogP contribution in [0.2, 0.25) is 0 Å². The molecular weight excluding hydrogens is 328 g/mol. The fourth-order valence-corrected chi connectivity index (χ4v) is 2.82. The maximum Gasteiger partial charge on any atom is 0.279 e. The Hall–Kier alpha value is -2.53. The monoisotopic (exact) mass is 357 g/mol. The van der Waals surface area contributed by atoms with Crippen molar-refractivity contribution in [1.82, 2.24) is 0 Å². The van der Waals surface area contributed by atoms with Crippen molar-refractivity contribution >= 4 is 11.6 Å². The van der Waals surface area contributed by atoms with E-state index < -0.39 is 0 Å². The molecule has 5 nitrogen and oxygen atoms in total. The van der Waals surface area contributed by atoms with Crippen molar-refractivity contribution in [1.29, 1.82) is 0 Å². The van der Waals surface area contributed by atoms with Crippen LogP contribution in [0.5, 0.6) is 11.5 Å². The predicted octanol–water partition coefficient (Wildman–Crippen LogP) is 2.48. The molecule has 1 unspecified atom stereocenters. The molecule has 1 atom stereocenters. The van der Waals surface area contributed by atoms with E-state index in [1.807, 2.05) is 7.05 Å². The summed E-state index contributed by atoms with van der Waals surface area (Å²) in [5, 5.41) is 2.91. The van der Waals surface area contributed by atoms with Crippen LogP contribution in [0.1, 0.15) is 30.9 Å². The van der Waals surface area contributed by atoms with Crippen LogP contribution in [-0.4, -0.2) is 33.7 Å². The van der Waals surface area contributed by atoms with Gasteiger partial charge in [-0.25, -0.2) is 0 Å². The van der Waals surface area contributed by atoms with E-state index in [9.17, 15) is 4.79 Å². The molecule has 0 aliphatic carbocycles. The highest BCUT2D eigenvalue weighted by atomic mass is 16.5. The normalized spacial score (nSPS) is 11.9. The highest BCUT2D eigenvalue weighted by Gasteiger charge is 2.12. The van der Waals surface area contributed by atoms with Crippen LogP contribution in [0.3, 0.4) is 0 Å². The lowest BCUT2D eigenvalue weighted by Gasteiger charge is -2.15. The third-order valence-electron chi connectivity index (χ3n) is 4.28. The van der Waals surface area contributed by atoms with Crippen LogP contribution in [0.25, 0.3) is 0 Å². The molecule has 0 fully saturated rings. The van der Waals surface area contributed by atoms with Crippen molar-refractivity contribution in [2.24, 2.45) is 0 Å². The Labute approximate surface area is 155 Å². The second kappa shape index (κ2) is 9.25. The van der Waals surface area contributed by atoms with Gasteiger partial charge in [-0.1, -0.05) is 38.1 Å². The van der Waals surface area contributed by atoms with Crippen LogP contribution in [0, 0.1) is 0 Å². The first-order valence-electron chi connectivity index (χ1n) is 8.85. The lowest BCUT2D eigenvalue weighted by molar-refractivity contribution is -0.885. The molecule has 0 aliphatic rings. The molecule has 0 saturated heterocycles. The molecule has 5 heteroatoms. The molecule has 2 rings (SSSR count). The summed E-state index contributed by atoms with van der Waals surface area (Å²) in [4.78, 5) is 13.4. The van der Waals surface area contributed by atoms with E-state index >= 15 is 0 Å². The number of ether oxygens (including phenoxy) is 2. The van der Waals surface area contributed by atoms with Gasteiger partial charge in [-0.05, 0) is 23.6 Å². The molecule has 0 spiro atoms. The first kappa shape index (κ1) is 19.8. The van der Waals surface area contributed by atoms with Crippen LogP contribution >= 0.6 is 0 Å². The van der Waals surface area contributed by atoms with E-state index in [1.54, 1.807) is 32.4 Å². The fraction of sp³-hybridized carbons (Fsp3) is 0.381. The summed E-state index contributed by atoms with van der Waals surface area (Å²) >= 11 is 0. The lowest BCUT2D eigenvalue weighted by atomic mass is 10.0. The zero-order valence-electron chi connectivity index (χ0n) is 16.3. The van der Waals surface area contributed by atoms with Crippen LogP contribution < -0.4 is 19.7 Å². The van der Waals surface area contributed by atoms with Crippen molar-refractivity contribution in [2.45, 2.75) is 26.3 Å². The number of hydrogen-bond acceptors (Lipinski definition) is 3. The van der Waals surface area contributed by atoms with Gasteiger partial charge in [-0.3, -0.25) is 4.79 Å². The predicted molar refractivity (Wildman–Crippen MR) is 104 cm³/mol. The number of hydrogen-bond donors (Lipinski definition) is 2. The summed E-state index contributed by atoms with van der Waals surface area (Å²) in [7, 11) is 5.18.